The van der Waals surface area contributed by atoms with Crippen LogP contribution in [-0.2, 0) is 9.47 Å². The molecule has 2 heterocycles. The second kappa shape index (κ2) is 3.95. The summed E-state index contributed by atoms with van der Waals surface area (Å²) in [4.78, 5) is 0. The molecule has 0 radical (unpaired) electrons. The Morgan fingerprint density at radius 3 is 2.83 bits per heavy atom. The van der Waals surface area contributed by atoms with Crippen molar-refractivity contribution in [3.63, 3.8) is 0 Å². The third kappa shape index (κ3) is 1.61. The van der Waals surface area contributed by atoms with E-state index in [0.29, 0.717) is 17.9 Å². The van der Waals surface area contributed by atoms with Crippen molar-refractivity contribution in [1.29, 1.82) is 0 Å². The molecule has 2 aliphatic rings. The van der Waals surface area contributed by atoms with Crippen LogP contribution in [0.4, 0.5) is 0 Å². The molecule has 0 aliphatic carbocycles. The molecule has 12 heavy (non-hydrogen) atoms. The van der Waals surface area contributed by atoms with Gasteiger partial charge in [0.05, 0.1) is 12.7 Å². The van der Waals surface area contributed by atoms with E-state index in [1.165, 1.54) is 0 Å². The lowest BCUT2D eigenvalue weighted by atomic mass is 9.91. The zero-order valence-corrected chi connectivity index (χ0v) is 7.93. The average Bonchev–Trinajstić information content (AvgIpc) is 2.74. The Kier molecular flexibility index (Phi) is 2.89. The normalized spacial score (nSPS) is 42.2. The fourth-order valence-corrected chi connectivity index (χ4v) is 2.48. The van der Waals surface area contributed by atoms with Crippen molar-refractivity contribution >= 4 is 11.6 Å². The summed E-state index contributed by atoms with van der Waals surface area (Å²) in [6.45, 7) is 2.66. The molecule has 0 bridgehead atoms. The summed E-state index contributed by atoms with van der Waals surface area (Å²) in [6, 6.07) is 0. The van der Waals surface area contributed by atoms with Crippen molar-refractivity contribution in [2.24, 2.45) is 11.8 Å². The molecule has 0 aromatic heterocycles. The van der Waals surface area contributed by atoms with Crippen LogP contribution in [0.2, 0.25) is 0 Å². The van der Waals surface area contributed by atoms with Gasteiger partial charge in [0.15, 0.2) is 0 Å². The molecule has 3 atom stereocenters. The quantitative estimate of drug-likeness (QED) is 0.617. The fourth-order valence-electron chi connectivity index (χ4n) is 2.15. The fraction of sp³-hybridized carbons (Fsp3) is 1.00. The minimum atomic E-state index is 0.380. The van der Waals surface area contributed by atoms with Gasteiger partial charge in [-0.2, -0.15) is 0 Å². The van der Waals surface area contributed by atoms with E-state index >= 15 is 0 Å². The van der Waals surface area contributed by atoms with Crippen LogP contribution in [0, 0.1) is 11.8 Å². The van der Waals surface area contributed by atoms with E-state index in [4.69, 9.17) is 21.1 Å². The van der Waals surface area contributed by atoms with Gasteiger partial charge in [-0.15, -0.1) is 11.6 Å². The van der Waals surface area contributed by atoms with Gasteiger partial charge in [-0.05, 0) is 12.8 Å². The van der Waals surface area contributed by atoms with E-state index in [2.05, 4.69) is 0 Å². The highest BCUT2D eigenvalue weighted by Gasteiger charge is 2.35. The summed E-state index contributed by atoms with van der Waals surface area (Å²) in [7, 11) is 0. The summed E-state index contributed by atoms with van der Waals surface area (Å²) in [5.74, 6) is 1.91. The third-order valence-corrected chi connectivity index (χ3v) is 3.29. The van der Waals surface area contributed by atoms with Gasteiger partial charge in [0.1, 0.15) is 0 Å². The molecule has 70 valence electrons. The molecule has 2 fully saturated rings. The molecule has 3 heteroatoms. The summed E-state index contributed by atoms with van der Waals surface area (Å²) in [5.41, 5.74) is 0. The van der Waals surface area contributed by atoms with Gasteiger partial charge in [0.25, 0.3) is 0 Å². The van der Waals surface area contributed by atoms with Crippen molar-refractivity contribution in [2.75, 3.05) is 25.7 Å². The zero-order valence-electron chi connectivity index (χ0n) is 7.17. The SMILES string of the molecule is ClCC1CCOC1C1CCOC1. The van der Waals surface area contributed by atoms with E-state index in [1.54, 1.807) is 0 Å². The van der Waals surface area contributed by atoms with E-state index in [-0.39, 0.29) is 0 Å². The Morgan fingerprint density at radius 2 is 2.17 bits per heavy atom. The molecular weight excluding hydrogens is 176 g/mol. The number of halogens is 1. The molecule has 2 aliphatic heterocycles. The third-order valence-electron chi connectivity index (χ3n) is 2.89. The first kappa shape index (κ1) is 8.79. The van der Waals surface area contributed by atoms with Gasteiger partial charge in [0, 0.05) is 30.9 Å². The van der Waals surface area contributed by atoms with Crippen LogP contribution in [0.1, 0.15) is 12.8 Å². The molecule has 0 aromatic carbocycles. The average molecular weight is 191 g/mol. The summed E-state index contributed by atoms with van der Waals surface area (Å²) >= 11 is 5.86. The first-order chi connectivity index (χ1) is 5.92. The second-order valence-corrected chi connectivity index (χ2v) is 3.97. The van der Waals surface area contributed by atoms with Crippen LogP contribution in [0.5, 0.6) is 0 Å². The highest BCUT2D eigenvalue weighted by atomic mass is 35.5. The lowest BCUT2D eigenvalue weighted by Crippen LogP contribution is -2.27. The smallest absolute Gasteiger partial charge is 0.0666 e. The van der Waals surface area contributed by atoms with E-state index in [0.717, 1.165) is 38.5 Å². The minimum absolute atomic E-state index is 0.380. The molecule has 0 saturated carbocycles. The van der Waals surface area contributed by atoms with Gasteiger partial charge in [-0.1, -0.05) is 0 Å². The van der Waals surface area contributed by atoms with Crippen molar-refractivity contribution in [3.05, 3.63) is 0 Å². The number of hydrogen-bond acceptors (Lipinski definition) is 2. The van der Waals surface area contributed by atoms with E-state index in [1.807, 2.05) is 0 Å². The molecule has 0 spiro atoms. The van der Waals surface area contributed by atoms with Crippen LogP contribution in [0.3, 0.4) is 0 Å². The molecule has 0 aromatic rings. The predicted molar refractivity (Wildman–Crippen MR) is 47.5 cm³/mol. The van der Waals surface area contributed by atoms with Crippen LogP contribution in [-0.4, -0.2) is 31.8 Å². The van der Waals surface area contributed by atoms with E-state index in [9.17, 15) is 0 Å². The Bertz CT molecular complexity index is 145. The van der Waals surface area contributed by atoms with Gasteiger partial charge >= 0.3 is 0 Å². The highest BCUT2D eigenvalue weighted by molar-refractivity contribution is 6.18. The molecule has 3 unspecified atom stereocenters. The number of hydrogen-bond donors (Lipinski definition) is 0. The van der Waals surface area contributed by atoms with Crippen LogP contribution < -0.4 is 0 Å². The monoisotopic (exact) mass is 190 g/mol. The first-order valence-corrected chi connectivity index (χ1v) is 5.20. The Morgan fingerprint density at radius 1 is 1.25 bits per heavy atom. The zero-order chi connectivity index (χ0) is 8.39. The molecule has 0 N–H and O–H groups in total. The van der Waals surface area contributed by atoms with Crippen molar-refractivity contribution < 1.29 is 9.47 Å². The Hall–Kier alpha value is 0.210. The molecule has 0 amide bonds. The summed E-state index contributed by atoms with van der Waals surface area (Å²) in [6.07, 6.45) is 2.66. The maximum absolute atomic E-state index is 5.86. The molecule has 2 saturated heterocycles. The van der Waals surface area contributed by atoms with Crippen molar-refractivity contribution in [3.8, 4) is 0 Å². The van der Waals surface area contributed by atoms with Crippen LogP contribution in [0.15, 0.2) is 0 Å². The number of alkyl halides is 1. The highest BCUT2D eigenvalue weighted by Crippen LogP contribution is 2.31. The predicted octanol–water partition coefficient (Wildman–Crippen LogP) is 1.67. The Labute approximate surface area is 78.2 Å². The van der Waals surface area contributed by atoms with Crippen molar-refractivity contribution in [1.82, 2.24) is 0 Å². The van der Waals surface area contributed by atoms with Crippen LogP contribution >= 0.6 is 11.6 Å². The van der Waals surface area contributed by atoms with Gasteiger partial charge in [-0.3, -0.25) is 0 Å². The lowest BCUT2D eigenvalue weighted by molar-refractivity contribution is 0.0397. The topological polar surface area (TPSA) is 18.5 Å². The van der Waals surface area contributed by atoms with Gasteiger partial charge < -0.3 is 9.47 Å². The lowest BCUT2D eigenvalue weighted by Gasteiger charge is -2.21. The maximum atomic E-state index is 5.86. The first-order valence-electron chi connectivity index (χ1n) is 4.67. The number of rotatable bonds is 2. The molecule has 2 rings (SSSR count). The largest absolute Gasteiger partial charge is 0.381 e. The van der Waals surface area contributed by atoms with Gasteiger partial charge in [0.2, 0.25) is 0 Å². The van der Waals surface area contributed by atoms with Crippen molar-refractivity contribution in [2.45, 2.75) is 18.9 Å². The second-order valence-electron chi connectivity index (χ2n) is 3.66. The molecular formula is C9H15ClO2. The summed E-state index contributed by atoms with van der Waals surface area (Å²) < 4.78 is 11.0. The number of ether oxygens (including phenoxy) is 2. The molecule has 2 nitrogen and oxygen atoms in total. The van der Waals surface area contributed by atoms with Gasteiger partial charge in [-0.25, -0.2) is 0 Å². The van der Waals surface area contributed by atoms with Crippen LogP contribution in [0.25, 0.3) is 0 Å². The minimum Gasteiger partial charge on any atom is -0.381 e. The Balaban J connectivity index is 1.92. The standard InChI is InChI=1S/C9H15ClO2/c10-5-7-2-4-12-9(7)8-1-3-11-6-8/h7-9H,1-6H2. The van der Waals surface area contributed by atoms with E-state index < -0.39 is 0 Å². The summed E-state index contributed by atoms with van der Waals surface area (Å²) in [5, 5.41) is 0. The maximum Gasteiger partial charge on any atom is 0.0666 e.